The van der Waals surface area contributed by atoms with Gasteiger partial charge in [-0.25, -0.2) is 4.79 Å². The van der Waals surface area contributed by atoms with E-state index in [9.17, 15) is 9.59 Å². The van der Waals surface area contributed by atoms with Gasteiger partial charge in [-0.05, 0) is 37.0 Å². The minimum atomic E-state index is -0.319. The predicted octanol–water partition coefficient (Wildman–Crippen LogP) is 2.61. The summed E-state index contributed by atoms with van der Waals surface area (Å²) in [5, 5.41) is 0.622. The molecular weight excluding hydrogens is 378 g/mol. The van der Waals surface area contributed by atoms with Crippen molar-refractivity contribution in [3.05, 3.63) is 55.7 Å². The van der Waals surface area contributed by atoms with Crippen molar-refractivity contribution in [2.75, 3.05) is 18.0 Å². The SMILES string of the molecule is CCCn1c(=O)n(Cc2ccc(Cl)cc2)c(=O)c2c1nc(N1CCCC1)n2C. The average Bonchev–Trinajstić information content (AvgIpc) is 3.32. The van der Waals surface area contributed by atoms with Gasteiger partial charge in [-0.3, -0.25) is 13.9 Å². The highest BCUT2D eigenvalue weighted by atomic mass is 35.5. The summed E-state index contributed by atoms with van der Waals surface area (Å²) in [6.07, 6.45) is 3.02. The molecule has 0 saturated carbocycles. The highest BCUT2D eigenvalue weighted by Crippen LogP contribution is 2.22. The topological polar surface area (TPSA) is 65.1 Å². The van der Waals surface area contributed by atoms with Gasteiger partial charge in [-0.2, -0.15) is 4.98 Å². The van der Waals surface area contributed by atoms with E-state index in [-0.39, 0.29) is 17.8 Å². The van der Waals surface area contributed by atoms with Crippen molar-refractivity contribution < 1.29 is 0 Å². The van der Waals surface area contributed by atoms with Crippen LogP contribution in [-0.2, 0) is 20.1 Å². The van der Waals surface area contributed by atoms with Crippen molar-refractivity contribution in [2.24, 2.45) is 7.05 Å². The number of imidazole rings is 1. The zero-order chi connectivity index (χ0) is 19.8. The van der Waals surface area contributed by atoms with E-state index in [1.807, 2.05) is 30.7 Å². The monoisotopic (exact) mass is 401 g/mol. The summed E-state index contributed by atoms with van der Waals surface area (Å²) in [5.41, 5.74) is 1.19. The zero-order valence-corrected chi connectivity index (χ0v) is 16.9. The molecule has 3 aromatic rings. The summed E-state index contributed by atoms with van der Waals surface area (Å²) < 4.78 is 4.77. The average molecular weight is 402 g/mol. The van der Waals surface area contributed by atoms with Crippen molar-refractivity contribution in [1.82, 2.24) is 18.7 Å². The van der Waals surface area contributed by atoms with Gasteiger partial charge >= 0.3 is 5.69 Å². The van der Waals surface area contributed by atoms with Crippen molar-refractivity contribution >= 4 is 28.7 Å². The highest BCUT2D eigenvalue weighted by Gasteiger charge is 2.24. The molecule has 0 unspecified atom stereocenters. The van der Waals surface area contributed by atoms with Crippen LogP contribution in [0.1, 0.15) is 31.7 Å². The zero-order valence-electron chi connectivity index (χ0n) is 16.2. The maximum atomic E-state index is 13.3. The number of anilines is 1. The number of nitrogens with zero attached hydrogens (tertiary/aromatic N) is 5. The molecule has 7 nitrogen and oxygen atoms in total. The molecule has 0 radical (unpaired) electrons. The third kappa shape index (κ3) is 3.13. The maximum absolute atomic E-state index is 13.3. The first-order valence-electron chi connectivity index (χ1n) is 9.70. The minimum Gasteiger partial charge on any atom is -0.342 e. The lowest BCUT2D eigenvalue weighted by Crippen LogP contribution is -2.40. The predicted molar refractivity (Wildman–Crippen MR) is 112 cm³/mol. The molecule has 1 aliphatic rings. The number of halogens is 1. The molecule has 0 amide bonds. The Morgan fingerprint density at radius 3 is 2.39 bits per heavy atom. The summed E-state index contributed by atoms with van der Waals surface area (Å²) in [7, 11) is 1.86. The summed E-state index contributed by atoms with van der Waals surface area (Å²) in [4.78, 5) is 33.3. The lowest BCUT2D eigenvalue weighted by atomic mass is 10.2. The first-order chi connectivity index (χ1) is 13.5. The van der Waals surface area contributed by atoms with E-state index in [1.54, 1.807) is 16.7 Å². The molecule has 8 heteroatoms. The molecule has 1 fully saturated rings. The Bertz CT molecular complexity index is 1120. The molecule has 0 bridgehead atoms. The Morgan fingerprint density at radius 1 is 1.07 bits per heavy atom. The molecule has 1 saturated heterocycles. The molecule has 148 valence electrons. The van der Waals surface area contributed by atoms with E-state index in [0.717, 1.165) is 43.9 Å². The quantitative estimate of drug-likeness (QED) is 0.659. The summed E-state index contributed by atoms with van der Waals surface area (Å²) in [6, 6.07) is 7.20. The van der Waals surface area contributed by atoms with E-state index >= 15 is 0 Å². The van der Waals surface area contributed by atoms with E-state index < -0.39 is 0 Å². The normalized spacial score (nSPS) is 14.3. The fraction of sp³-hybridized carbons (Fsp3) is 0.450. The molecule has 1 aliphatic heterocycles. The van der Waals surface area contributed by atoms with Crippen LogP contribution >= 0.6 is 11.6 Å². The van der Waals surface area contributed by atoms with Gasteiger partial charge in [0.05, 0.1) is 6.54 Å². The highest BCUT2D eigenvalue weighted by molar-refractivity contribution is 6.30. The summed E-state index contributed by atoms with van der Waals surface area (Å²) >= 11 is 5.96. The van der Waals surface area contributed by atoms with Gasteiger partial charge in [0.15, 0.2) is 11.2 Å². The van der Waals surface area contributed by atoms with Gasteiger partial charge in [-0.15, -0.1) is 0 Å². The molecule has 0 aliphatic carbocycles. The number of aryl methyl sites for hydroxylation is 2. The molecule has 4 rings (SSSR count). The Balaban J connectivity index is 1.92. The number of hydrogen-bond donors (Lipinski definition) is 0. The molecule has 28 heavy (non-hydrogen) atoms. The third-order valence-electron chi connectivity index (χ3n) is 5.31. The summed E-state index contributed by atoms with van der Waals surface area (Å²) in [6.45, 7) is 4.59. The maximum Gasteiger partial charge on any atom is 0.333 e. The fourth-order valence-electron chi connectivity index (χ4n) is 3.89. The second-order valence-corrected chi connectivity index (χ2v) is 7.73. The van der Waals surface area contributed by atoms with E-state index in [0.29, 0.717) is 22.7 Å². The number of benzene rings is 1. The molecule has 3 heterocycles. The standard InChI is InChI=1S/C20H24ClN5O2/c1-3-10-25-17-16(23(2)19(22-17)24-11-4-5-12-24)18(27)26(20(25)28)13-14-6-8-15(21)9-7-14/h6-9H,3-5,10-13H2,1-2H3. The smallest absolute Gasteiger partial charge is 0.333 e. The molecule has 1 aromatic carbocycles. The van der Waals surface area contributed by atoms with Crippen LogP contribution in [0.2, 0.25) is 5.02 Å². The van der Waals surface area contributed by atoms with E-state index in [1.165, 1.54) is 4.57 Å². The fourth-order valence-corrected chi connectivity index (χ4v) is 4.01. The van der Waals surface area contributed by atoms with Gasteiger partial charge in [0, 0.05) is 31.7 Å². The Morgan fingerprint density at radius 2 is 1.75 bits per heavy atom. The number of hydrogen-bond acceptors (Lipinski definition) is 4. The van der Waals surface area contributed by atoms with Crippen molar-refractivity contribution in [3.8, 4) is 0 Å². The number of rotatable bonds is 5. The molecule has 0 N–H and O–H groups in total. The Hall–Kier alpha value is -2.54. The Labute approximate surface area is 167 Å². The van der Waals surface area contributed by atoms with Gasteiger partial charge < -0.3 is 9.47 Å². The van der Waals surface area contributed by atoms with Crippen LogP contribution in [-0.4, -0.2) is 31.8 Å². The lowest BCUT2D eigenvalue weighted by molar-refractivity contribution is 0.588. The van der Waals surface area contributed by atoms with Crippen molar-refractivity contribution in [2.45, 2.75) is 39.3 Å². The first-order valence-corrected chi connectivity index (χ1v) is 10.1. The second-order valence-electron chi connectivity index (χ2n) is 7.29. The summed E-state index contributed by atoms with van der Waals surface area (Å²) in [5.74, 6) is 0.762. The molecular formula is C20H24ClN5O2. The second kappa shape index (κ2) is 7.47. The van der Waals surface area contributed by atoms with Gasteiger partial charge in [0.1, 0.15) is 0 Å². The van der Waals surface area contributed by atoms with Gasteiger partial charge in [0.25, 0.3) is 5.56 Å². The van der Waals surface area contributed by atoms with Crippen LogP contribution < -0.4 is 16.1 Å². The minimum absolute atomic E-state index is 0.207. The van der Waals surface area contributed by atoms with Crippen LogP contribution in [0.5, 0.6) is 0 Å². The Kier molecular flexibility index (Phi) is 5.02. The van der Waals surface area contributed by atoms with Gasteiger partial charge in [0.2, 0.25) is 5.95 Å². The van der Waals surface area contributed by atoms with Crippen LogP contribution in [0.25, 0.3) is 11.2 Å². The molecule has 0 atom stereocenters. The lowest BCUT2D eigenvalue weighted by Gasteiger charge is -2.15. The number of aromatic nitrogens is 4. The van der Waals surface area contributed by atoms with Crippen molar-refractivity contribution in [1.29, 1.82) is 0 Å². The third-order valence-corrected chi connectivity index (χ3v) is 5.56. The first kappa shape index (κ1) is 18.8. The largest absolute Gasteiger partial charge is 0.342 e. The van der Waals surface area contributed by atoms with Crippen molar-refractivity contribution in [3.63, 3.8) is 0 Å². The molecule has 2 aromatic heterocycles. The van der Waals surface area contributed by atoms with E-state index in [4.69, 9.17) is 16.6 Å². The van der Waals surface area contributed by atoms with E-state index in [2.05, 4.69) is 4.90 Å². The van der Waals surface area contributed by atoms with Crippen LogP contribution in [0.3, 0.4) is 0 Å². The molecule has 0 spiro atoms. The van der Waals surface area contributed by atoms with Crippen LogP contribution in [0.4, 0.5) is 5.95 Å². The van der Waals surface area contributed by atoms with Gasteiger partial charge in [-0.1, -0.05) is 30.7 Å². The number of fused-ring (bicyclic) bond motifs is 1. The van der Waals surface area contributed by atoms with Crippen LogP contribution in [0.15, 0.2) is 33.9 Å². The van der Waals surface area contributed by atoms with Crippen LogP contribution in [0, 0.1) is 0 Å².